The van der Waals surface area contributed by atoms with Crippen molar-refractivity contribution in [1.82, 2.24) is 9.97 Å². The molecule has 24 heavy (non-hydrogen) atoms. The maximum atomic E-state index is 5.56. The highest BCUT2D eigenvalue weighted by Gasteiger charge is 2.09. The lowest BCUT2D eigenvalue weighted by molar-refractivity contribution is 0.334. The van der Waals surface area contributed by atoms with Crippen molar-refractivity contribution in [3.05, 3.63) is 73.3 Å². The highest BCUT2D eigenvalue weighted by Crippen LogP contribution is 2.27. The Morgan fingerprint density at radius 3 is 2.12 bits per heavy atom. The number of ether oxygens (including phenoxy) is 2. The molecule has 0 radical (unpaired) electrons. The normalized spacial score (nSPS) is 10.2. The summed E-state index contributed by atoms with van der Waals surface area (Å²) in [6.45, 7) is 4.02. The summed E-state index contributed by atoms with van der Waals surface area (Å²) in [7, 11) is 1.65. The van der Waals surface area contributed by atoms with Gasteiger partial charge in [0.1, 0.15) is 12.4 Å². The molecule has 0 amide bonds. The van der Waals surface area contributed by atoms with Crippen LogP contribution in [0.3, 0.4) is 0 Å². The van der Waals surface area contributed by atoms with Crippen molar-refractivity contribution in [2.75, 3.05) is 13.7 Å². The van der Waals surface area contributed by atoms with Crippen LogP contribution in [-0.4, -0.2) is 23.7 Å². The average Bonchev–Trinajstić information content (AvgIpc) is 2.67. The summed E-state index contributed by atoms with van der Waals surface area (Å²) in [5.74, 6) is 0.805. The summed E-state index contributed by atoms with van der Waals surface area (Å²) >= 11 is 0. The van der Waals surface area contributed by atoms with Crippen LogP contribution >= 0.6 is 0 Å². The van der Waals surface area contributed by atoms with Crippen molar-refractivity contribution < 1.29 is 9.47 Å². The SMILES string of the molecule is C=CCOc1nc(-c2ccccc2)cc(-c2ccc(OC)cc2)n1. The Balaban J connectivity index is 2.05. The largest absolute Gasteiger partial charge is 0.497 e. The van der Waals surface area contributed by atoms with Gasteiger partial charge in [-0.05, 0) is 30.3 Å². The van der Waals surface area contributed by atoms with Gasteiger partial charge in [-0.1, -0.05) is 43.0 Å². The third-order valence-electron chi connectivity index (χ3n) is 3.49. The van der Waals surface area contributed by atoms with Crippen LogP contribution in [0.5, 0.6) is 11.8 Å². The zero-order valence-corrected chi connectivity index (χ0v) is 13.5. The highest BCUT2D eigenvalue weighted by atomic mass is 16.5. The van der Waals surface area contributed by atoms with Gasteiger partial charge in [0.2, 0.25) is 0 Å². The Bertz CT molecular complexity index is 815. The lowest BCUT2D eigenvalue weighted by Gasteiger charge is -2.09. The summed E-state index contributed by atoms with van der Waals surface area (Å²) in [6.07, 6.45) is 1.67. The first-order valence-electron chi connectivity index (χ1n) is 7.63. The third kappa shape index (κ3) is 3.60. The second-order valence-electron chi connectivity index (χ2n) is 5.12. The molecule has 3 aromatic rings. The fourth-order valence-corrected chi connectivity index (χ4v) is 2.29. The Morgan fingerprint density at radius 1 is 0.917 bits per heavy atom. The molecule has 2 aromatic carbocycles. The topological polar surface area (TPSA) is 44.2 Å². The second kappa shape index (κ2) is 7.42. The van der Waals surface area contributed by atoms with Crippen LogP contribution in [0.1, 0.15) is 0 Å². The van der Waals surface area contributed by atoms with E-state index in [0.29, 0.717) is 12.6 Å². The van der Waals surface area contributed by atoms with Crippen molar-refractivity contribution in [2.24, 2.45) is 0 Å². The Morgan fingerprint density at radius 2 is 1.54 bits per heavy atom. The maximum absolute atomic E-state index is 5.56. The van der Waals surface area contributed by atoms with Crippen LogP contribution in [0.4, 0.5) is 0 Å². The number of methoxy groups -OCH3 is 1. The van der Waals surface area contributed by atoms with Crippen LogP contribution in [-0.2, 0) is 0 Å². The van der Waals surface area contributed by atoms with Crippen molar-refractivity contribution in [3.63, 3.8) is 0 Å². The zero-order chi connectivity index (χ0) is 16.8. The van der Waals surface area contributed by atoms with E-state index in [2.05, 4.69) is 16.5 Å². The predicted octanol–water partition coefficient (Wildman–Crippen LogP) is 4.38. The first kappa shape index (κ1) is 15.7. The predicted molar refractivity (Wildman–Crippen MR) is 95.1 cm³/mol. The molecule has 1 heterocycles. The van der Waals surface area contributed by atoms with Crippen LogP contribution in [0, 0.1) is 0 Å². The Labute approximate surface area is 141 Å². The van der Waals surface area contributed by atoms with Crippen LogP contribution in [0.15, 0.2) is 73.3 Å². The molecule has 0 fully saturated rings. The van der Waals surface area contributed by atoms with Crippen LogP contribution < -0.4 is 9.47 Å². The number of aromatic nitrogens is 2. The second-order valence-corrected chi connectivity index (χ2v) is 5.12. The summed E-state index contributed by atoms with van der Waals surface area (Å²) < 4.78 is 10.8. The lowest BCUT2D eigenvalue weighted by Crippen LogP contribution is -2.01. The van der Waals surface area contributed by atoms with Crippen molar-refractivity contribution in [3.8, 4) is 34.3 Å². The summed E-state index contributed by atoms with van der Waals surface area (Å²) in [5, 5.41) is 0. The van der Waals surface area contributed by atoms with E-state index in [1.54, 1.807) is 13.2 Å². The third-order valence-corrected chi connectivity index (χ3v) is 3.49. The fraction of sp³-hybridized carbons (Fsp3) is 0.100. The van der Waals surface area contributed by atoms with Crippen LogP contribution in [0.2, 0.25) is 0 Å². The molecular formula is C20H18N2O2. The minimum Gasteiger partial charge on any atom is -0.497 e. The standard InChI is InChI=1S/C20H18N2O2/c1-3-13-24-20-21-18(15-7-5-4-6-8-15)14-19(22-20)16-9-11-17(23-2)12-10-16/h3-12,14H,1,13H2,2H3. The van der Waals surface area contributed by atoms with Gasteiger partial charge in [0.25, 0.3) is 0 Å². The molecule has 3 rings (SSSR count). The van der Waals surface area contributed by atoms with Crippen molar-refractivity contribution in [2.45, 2.75) is 0 Å². The number of hydrogen-bond acceptors (Lipinski definition) is 4. The molecule has 0 bridgehead atoms. The van der Waals surface area contributed by atoms with Gasteiger partial charge >= 0.3 is 6.01 Å². The molecule has 1 aromatic heterocycles. The van der Waals surface area contributed by atoms with Crippen molar-refractivity contribution >= 4 is 0 Å². The van der Waals surface area contributed by atoms with E-state index in [1.807, 2.05) is 60.7 Å². The lowest BCUT2D eigenvalue weighted by atomic mass is 10.1. The first-order chi connectivity index (χ1) is 11.8. The molecule has 4 nitrogen and oxygen atoms in total. The molecule has 0 aliphatic rings. The zero-order valence-electron chi connectivity index (χ0n) is 13.5. The van der Waals surface area contributed by atoms with Gasteiger partial charge in [0, 0.05) is 11.1 Å². The Kier molecular flexibility index (Phi) is 4.87. The molecule has 0 unspecified atom stereocenters. The molecule has 0 aliphatic carbocycles. The van der Waals surface area contributed by atoms with Gasteiger partial charge in [-0.25, -0.2) is 0 Å². The first-order valence-corrected chi connectivity index (χ1v) is 7.63. The molecule has 0 spiro atoms. The van der Waals surface area contributed by atoms with E-state index in [-0.39, 0.29) is 0 Å². The van der Waals surface area contributed by atoms with Crippen LogP contribution in [0.25, 0.3) is 22.5 Å². The monoisotopic (exact) mass is 318 g/mol. The van der Waals surface area contributed by atoms with E-state index in [0.717, 1.165) is 28.3 Å². The number of hydrogen-bond donors (Lipinski definition) is 0. The minimum atomic E-state index is 0.335. The van der Waals surface area contributed by atoms with Gasteiger partial charge in [0.15, 0.2) is 0 Å². The van der Waals surface area contributed by atoms with E-state index in [4.69, 9.17) is 9.47 Å². The summed E-state index contributed by atoms with van der Waals surface area (Å²) in [5.41, 5.74) is 3.60. The molecular weight excluding hydrogens is 300 g/mol. The van der Waals surface area contributed by atoms with Crippen molar-refractivity contribution in [1.29, 1.82) is 0 Å². The number of nitrogens with zero attached hydrogens (tertiary/aromatic N) is 2. The molecule has 0 aliphatic heterocycles. The quantitative estimate of drug-likeness (QED) is 0.633. The van der Waals surface area contributed by atoms with E-state index >= 15 is 0 Å². The average molecular weight is 318 g/mol. The summed E-state index contributed by atoms with van der Waals surface area (Å²) in [4.78, 5) is 8.99. The van der Waals surface area contributed by atoms with Gasteiger partial charge in [0.05, 0.1) is 18.5 Å². The fourth-order valence-electron chi connectivity index (χ4n) is 2.29. The molecule has 0 atom stereocenters. The smallest absolute Gasteiger partial charge is 0.317 e. The van der Waals surface area contributed by atoms with Gasteiger partial charge < -0.3 is 9.47 Å². The van der Waals surface area contributed by atoms with E-state index in [1.165, 1.54) is 0 Å². The minimum absolute atomic E-state index is 0.335. The highest BCUT2D eigenvalue weighted by molar-refractivity contribution is 5.68. The van der Waals surface area contributed by atoms with E-state index in [9.17, 15) is 0 Å². The molecule has 4 heteroatoms. The Hall–Kier alpha value is -3.14. The maximum Gasteiger partial charge on any atom is 0.317 e. The molecule has 0 N–H and O–H groups in total. The van der Waals surface area contributed by atoms with Gasteiger partial charge in [-0.15, -0.1) is 0 Å². The molecule has 0 saturated heterocycles. The van der Waals surface area contributed by atoms with Gasteiger partial charge in [-0.3, -0.25) is 0 Å². The number of rotatable bonds is 6. The number of benzene rings is 2. The van der Waals surface area contributed by atoms with E-state index < -0.39 is 0 Å². The summed E-state index contributed by atoms with van der Waals surface area (Å²) in [6, 6.07) is 20.0. The van der Waals surface area contributed by atoms with Gasteiger partial charge in [-0.2, -0.15) is 9.97 Å². The molecule has 0 saturated carbocycles. The molecule has 120 valence electrons.